The third kappa shape index (κ3) is 2.68. The maximum Gasteiger partial charge on any atom is 0.224 e. The molecule has 0 aromatic carbocycles. The van der Waals surface area contributed by atoms with Crippen molar-refractivity contribution in [3.63, 3.8) is 0 Å². The molecule has 0 unspecified atom stereocenters. The van der Waals surface area contributed by atoms with Gasteiger partial charge in [-0.15, -0.1) is 0 Å². The SMILES string of the molecule is CNc1ncc(C)c(N2CCCC(C)(C)C2)n1. The summed E-state index contributed by atoms with van der Waals surface area (Å²) in [6.45, 7) is 8.91. The number of aromatic nitrogens is 2. The van der Waals surface area contributed by atoms with Crippen LogP contribution in [0, 0.1) is 12.3 Å². The molecule has 0 aliphatic carbocycles. The Kier molecular flexibility index (Phi) is 3.22. The van der Waals surface area contributed by atoms with Gasteiger partial charge in [-0.2, -0.15) is 4.98 Å². The van der Waals surface area contributed by atoms with Crippen molar-refractivity contribution in [2.24, 2.45) is 5.41 Å². The van der Waals surface area contributed by atoms with Gasteiger partial charge >= 0.3 is 0 Å². The predicted octanol–water partition coefficient (Wildman–Crippen LogP) is 2.45. The van der Waals surface area contributed by atoms with Crippen molar-refractivity contribution in [3.05, 3.63) is 11.8 Å². The quantitative estimate of drug-likeness (QED) is 0.853. The van der Waals surface area contributed by atoms with Gasteiger partial charge in [0.05, 0.1) is 0 Å². The van der Waals surface area contributed by atoms with Crippen molar-refractivity contribution >= 4 is 11.8 Å². The van der Waals surface area contributed by atoms with Crippen molar-refractivity contribution in [3.8, 4) is 0 Å². The highest BCUT2D eigenvalue weighted by molar-refractivity contribution is 5.49. The monoisotopic (exact) mass is 234 g/mol. The standard InChI is InChI=1S/C13H22N4/c1-10-8-15-12(14-4)16-11(10)17-7-5-6-13(2,3)9-17/h8H,5-7,9H2,1-4H3,(H,14,15,16). The minimum atomic E-state index is 0.384. The molecule has 0 amide bonds. The van der Waals surface area contributed by atoms with Crippen LogP contribution in [0.1, 0.15) is 32.3 Å². The molecule has 0 spiro atoms. The molecule has 1 aromatic rings. The van der Waals surface area contributed by atoms with Crippen LogP contribution in [0.3, 0.4) is 0 Å². The maximum absolute atomic E-state index is 4.58. The molecule has 4 heteroatoms. The molecule has 2 rings (SSSR count). The molecule has 17 heavy (non-hydrogen) atoms. The minimum absolute atomic E-state index is 0.384. The summed E-state index contributed by atoms with van der Waals surface area (Å²) >= 11 is 0. The second kappa shape index (κ2) is 4.51. The predicted molar refractivity (Wildman–Crippen MR) is 71.5 cm³/mol. The van der Waals surface area contributed by atoms with Crippen LogP contribution in [0.25, 0.3) is 0 Å². The van der Waals surface area contributed by atoms with Crippen molar-refractivity contribution in [2.75, 3.05) is 30.4 Å². The number of anilines is 2. The fourth-order valence-electron chi connectivity index (χ4n) is 2.48. The Morgan fingerprint density at radius 2 is 2.18 bits per heavy atom. The first-order valence-electron chi connectivity index (χ1n) is 6.28. The summed E-state index contributed by atoms with van der Waals surface area (Å²) in [6.07, 6.45) is 4.44. The first kappa shape index (κ1) is 12.1. The molecule has 1 saturated heterocycles. The van der Waals surface area contributed by atoms with Gasteiger partial charge in [0.25, 0.3) is 0 Å². The van der Waals surface area contributed by atoms with Crippen molar-refractivity contribution in [1.29, 1.82) is 0 Å². The summed E-state index contributed by atoms with van der Waals surface area (Å²) in [5.74, 6) is 1.78. The number of nitrogens with one attached hydrogen (secondary N) is 1. The Morgan fingerprint density at radius 1 is 1.41 bits per heavy atom. The number of hydrogen-bond donors (Lipinski definition) is 1. The highest BCUT2D eigenvalue weighted by Crippen LogP contribution is 2.32. The Morgan fingerprint density at radius 3 is 2.82 bits per heavy atom. The van der Waals surface area contributed by atoms with E-state index in [0.29, 0.717) is 11.4 Å². The van der Waals surface area contributed by atoms with Gasteiger partial charge < -0.3 is 10.2 Å². The molecule has 2 heterocycles. The second-order valence-electron chi connectivity index (χ2n) is 5.64. The second-order valence-corrected chi connectivity index (χ2v) is 5.64. The van der Waals surface area contributed by atoms with Gasteiger partial charge in [0.15, 0.2) is 0 Å². The average molecular weight is 234 g/mol. The number of rotatable bonds is 2. The lowest BCUT2D eigenvalue weighted by atomic mass is 9.84. The molecular weight excluding hydrogens is 212 g/mol. The molecule has 0 radical (unpaired) electrons. The molecule has 4 nitrogen and oxygen atoms in total. The molecule has 1 aromatic heterocycles. The normalized spacial score (nSPS) is 19.2. The number of nitrogens with zero attached hydrogens (tertiary/aromatic N) is 3. The summed E-state index contributed by atoms with van der Waals surface area (Å²) in [4.78, 5) is 11.2. The van der Waals surface area contributed by atoms with E-state index in [1.807, 2.05) is 13.2 Å². The van der Waals surface area contributed by atoms with Crippen LogP contribution in [0.15, 0.2) is 6.20 Å². The van der Waals surface area contributed by atoms with Gasteiger partial charge in [-0.05, 0) is 25.2 Å². The molecule has 1 aliphatic rings. The minimum Gasteiger partial charge on any atom is -0.357 e. The molecule has 0 bridgehead atoms. The van der Waals surface area contributed by atoms with Gasteiger partial charge in [-0.3, -0.25) is 0 Å². The first-order chi connectivity index (χ1) is 8.02. The molecule has 1 aliphatic heterocycles. The van der Waals surface area contributed by atoms with Crippen molar-refractivity contribution < 1.29 is 0 Å². The maximum atomic E-state index is 4.58. The van der Waals surface area contributed by atoms with Crippen LogP contribution in [0.2, 0.25) is 0 Å². The Labute approximate surface area is 103 Å². The molecule has 0 saturated carbocycles. The van der Waals surface area contributed by atoms with E-state index >= 15 is 0 Å². The Hall–Kier alpha value is -1.32. The number of hydrogen-bond acceptors (Lipinski definition) is 4. The summed E-state index contributed by atoms with van der Waals surface area (Å²) in [6, 6.07) is 0. The van der Waals surface area contributed by atoms with E-state index in [9.17, 15) is 0 Å². The van der Waals surface area contributed by atoms with Gasteiger partial charge in [-0.25, -0.2) is 4.98 Å². The van der Waals surface area contributed by atoms with Crippen LogP contribution in [0.5, 0.6) is 0 Å². The number of piperidine rings is 1. The first-order valence-corrected chi connectivity index (χ1v) is 6.28. The summed E-state index contributed by atoms with van der Waals surface area (Å²) in [7, 11) is 1.86. The average Bonchev–Trinajstić information content (AvgIpc) is 2.28. The third-order valence-electron chi connectivity index (χ3n) is 3.37. The zero-order valence-electron chi connectivity index (χ0n) is 11.2. The zero-order valence-corrected chi connectivity index (χ0v) is 11.2. The van der Waals surface area contributed by atoms with Gasteiger partial charge in [0.1, 0.15) is 5.82 Å². The lowest BCUT2D eigenvalue weighted by Gasteiger charge is -2.39. The van der Waals surface area contributed by atoms with Crippen LogP contribution in [-0.4, -0.2) is 30.1 Å². The fourth-order valence-corrected chi connectivity index (χ4v) is 2.48. The summed E-state index contributed by atoms with van der Waals surface area (Å²) in [5.41, 5.74) is 1.54. The largest absolute Gasteiger partial charge is 0.357 e. The summed E-state index contributed by atoms with van der Waals surface area (Å²) in [5, 5.41) is 3.01. The molecule has 1 fully saturated rings. The van der Waals surface area contributed by atoms with Crippen LogP contribution in [0.4, 0.5) is 11.8 Å². The van der Waals surface area contributed by atoms with Gasteiger partial charge in [0, 0.05) is 31.9 Å². The topological polar surface area (TPSA) is 41.1 Å². The fraction of sp³-hybridized carbons (Fsp3) is 0.692. The van der Waals surface area contributed by atoms with E-state index in [0.717, 1.165) is 24.5 Å². The molecule has 1 N–H and O–H groups in total. The zero-order chi connectivity index (χ0) is 12.5. The van der Waals surface area contributed by atoms with Crippen molar-refractivity contribution in [2.45, 2.75) is 33.6 Å². The Balaban J connectivity index is 2.26. The molecular formula is C13H22N4. The Bertz CT molecular complexity index is 400. The number of aryl methyl sites for hydroxylation is 1. The van der Waals surface area contributed by atoms with E-state index in [2.05, 4.69) is 41.0 Å². The lowest BCUT2D eigenvalue weighted by Crippen LogP contribution is -2.41. The smallest absolute Gasteiger partial charge is 0.224 e. The van der Waals surface area contributed by atoms with Gasteiger partial charge in [-0.1, -0.05) is 13.8 Å². The van der Waals surface area contributed by atoms with Crippen molar-refractivity contribution in [1.82, 2.24) is 9.97 Å². The highest BCUT2D eigenvalue weighted by Gasteiger charge is 2.27. The molecule has 94 valence electrons. The van der Waals surface area contributed by atoms with Crippen LogP contribution in [-0.2, 0) is 0 Å². The van der Waals surface area contributed by atoms with Crippen LogP contribution < -0.4 is 10.2 Å². The van der Waals surface area contributed by atoms with Crippen LogP contribution >= 0.6 is 0 Å². The van der Waals surface area contributed by atoms with E-state index in [4.69, 9.17) is 0 Å². The third-order valence-corrected chi connectivity index (χ3v) is 3.37. The van der Waals surface area contributed by atoms with Gasteiger partial charge in [0.2, 0.25) is 5.95 Å². The highest BCUT2D eigenvalue weighted by atomic mass is 15.2. The van der Waals surface area contributed by atoms with E-state index in [1.54, 1.807) is 0 Å². The molecule has 0 atom stereocenters. The summed E-state index contributed by atoms with van der Waals surface area (Å²) < 4.78 is 0. The lowest BCUT2D eigenvalue weighted by molar-refractivity contribution is 0.292. The van der Waals surface area contributed by atoms with E-state index < -0.39 is 0 Å². The van der Waals surface area contributed by atoms with E-state index in [-0.39, 0.29) is 0 Å². The van der Waals surface area contributed by atoms with E-state index in [1.165, 1.54) is 12.8 Å².